The van der Waals surface area contributed by atoms with E-state index in [0.717, 1.165) is 12.8 Å². The van der Waals surface area contributed by atoms with Gasteiger partial charge in [0.2, 0.25) is 11.0 Å². The largest absolute Gasteiger partial charge is 0.378 e. The second-order valence-corrected chi connectivity index (χ2v) is 4.37. The summed E-state index contributed by atoms with van der Waals surface area (Å²) in [4.78, 5) is 17.8. The van der Waals surface area contributed by atoms with Crippen molar-refractivity contribution in [2.45, 2.75) is 31.9 Å². The normalized spacial score (nSPS) is 22.3. The maximum Gasteiger partial charge on any atom is 0.348 e. The van der Waals surface area contributed by atoms with Crippen molar-refractivity contribution < 1.29 is 9.66 Å². The van der Waals surface area contributed by atoms with Gasteiger partial charge in [0, 0.05) is 12.6 Å². The Hall–Kier alpha value is -1.47. The molecular weight excluding hydrogens is 260 g/mol. The Morgan fingerprint density at radius 2 is 2.33 bits per heavy atom. The summed E-state index contributed by atoms with van der Waals surface area (Å²) < 4.78 is 5.41. The highest BCUT2D eigenvalue weighted by molar-refractivity contribution is 6.31. The van der Waals surface area contributed by atoms with E-state index < -0.39 is 4.92 Å². The van der Waals surface area contributed by atoms with Crippen LogP contribution in [0.3, 0.4) is 0 Å². The molecule has 1 heterocycles. The van der Waals surface area contributed by atoms with E-state index in [4.69, 9.17) is 16.3 Å². The molecule has 1 saturated carbocycles. The molecule has 1 N–H and O–H groups in total. The van der Waals surface area contributed by atoms with Crippen molar-refractivity contribution in [2.24, 2.45) is 0 Å². The number of hydrogen-bond acceptors (Lipinski definition) is 6. The lowest BCUT2D eigenvalue weighted by Crippen LogP contribution is -2.41. The zero-order valence-electron chi connectivity index (χ0n) is 9.80. The van der Waals surface area contributed by atoms with Gasteiger partial charge in [0.05, 0.1) is 11.0 Å². The summed E-state index contributed by atoms with van der Waals surface area (Å²) in [7, 11) is 0. The van der Waals surface area contributed by atoms with Crippen LogP contribution in [0.5, 0.6) is 0 Å². The molecule has 0 aromatic carbocycles. The van der Waals surface area contributed by atoms with Gasteiger partial charge in [-0.15, -0.1) is 0 Å². The minimum atomic E-state index is -0.580. The first-order valence-electron chi connectivity index (χ1n) is 5.64. The summed E-state index contributed by atoms with van der Waals surface area (Å²) in [6, 6.07) is 0.131. The maximum atomic E-state index is 10.9. The Morgan fingerprint density at radius 1 is 1.61 bits per heavy atom. The smallest absolute Gasteiger partial charge is 0.348 e. The van der Waals surface area contributed by atoms with Crippen LogP contribution in [0, 0.1) is 10.1 Å². The summed E-state index contributed by atoms with van der Waals surface area (Å²) in [5.74, 6) is 0.167. The van der Waals surface area contributed by atoms with E-state index in [1.54, 1.807) is 0 Å². The zero-order chi connectivity index (χ0) is 13.1. The van der Waals surface area contributed by atoms with Crippen molar-refractivity contribution >= 4 is 23.1 Å². The molecule has 18 heavy (non-hydrogen) atoms. The molecule has 7 nitrogen and oxygen atoms in total. The van der Waals surface area contributed by atoms with Gasteiger partial charge < -0.3 is 10.1 Å². The number of hydrogen-bond donors (Lipinski definition) is 1. The third-order valence-electron chi connectivity index (χ3n) is 2.80. The number of nitrogens with one attached hydrogen (secondary N) is 1. The quantitative estimate of drug-likeness (QED) is 0.501. The molecule has 0 bridgehead atoms. The number of aromatic nitrogens is 2. The molecule has 98 valence electrons. The predicted octanol–water partition coefficient (Wildman–Crippen LogP) is 2.02. The highest BCUT2D eigenvalue weighted by Gasteiger charge is 2.32. The second kappa shape index (κ2) is 5.45. The lowest BCUT2D eigenvalue weighted by molar-refractivity contribution is -0.384. The highest BCUT2D eigenvalue weighted by Crippen LogP contribution is 2.32. The summed E-state index contributed by atoms with van der Waals surface area (Å²) in [5, 5.41) is 13.7. The van der Waals surface area contributed by atoms with Crippen LogP contribution in [-0.4, -0.2) is 33.6 Å². The van der Waals surface area contributed by atoms with Crippen LogP contribution in [0.15, 0.2) is 6.33 Å². The molecule has 1 aromatic rings. The molecule has 0 atom stereocenters. The van der Waals surface area contributed by atoms with Crippen LogP contribution >= 0.6 is 11.6 Å². The molecule has 1 aliphatic carbocycles. The van der Waals surface area contributed by atoms with E-state index in [9.17, 15) is 10.1 Å². The first-order valence-corrected chi connectivity index (χ1v) is 6.02. The van der Waals surface area contributed by atoms with Gasteiger partial charge in [0.15, 0.2) is 0 Å². The van der Waals surface area contributed by atoms with E-state index in [-0.39, 0.29) is 28.8 Å². The number of nitrogens with zero attached hydrogens (tertiary/aromatic N) is 3. The average Bonchev–Trinajstić information content (AvgIpc) is 2.25. The fraction of sp³-hybridized carbons (Fsp3) is 0.600. The minimum Gasteiger partial charge on any atom is -0.378 e. The van der Waals surface area contributed by atoms with Crippen molar-refractivity contribution in [1.29, 1.82) is 0 Å². The van der Waals surface area contributed by atoms with Crippen molar-refractivity contribution in [3.63, 3.8) is 0 Å². The van der Waals surface area contributed by atoms with Crippen LogP contribution in [0.4, 0.5) is 11.5 Å². The first kappa shape index (κ1) is 13.0. The van der Waals surface area contributed by atoms with Gasteiger partial charge >= 0.3 is 5.69 Å². The van der Waals surface area contributed by atoms with E-state index in [1.165, 1.54) is 6.33 Å². The summed E-state index contributed by atoms with van der Waals surface area (Å²) in [6.07, 6.45) is 3.05. The van der Waals surface area contributed by atoms with Crippen LogP contribution in [0.25, 0.3) is 0 Å². The van der Waals surface area contributed by atoms with Crippen molar-refractivity contribution in [2.75, 3.05) is 11.9 Å². The number of nitro groups is 1. The number of halogens is 1. The van der Waals surface area contributed by atoms with Crippen LogP contribution in [0.1, 0.15) is 19.8 Å². The van der Waals surface area contributed by atoms with Gasteiger partial charge in [-0.1, -0.05) is 11.6 Å². The monoisotopic (exact) mass is 272 g/mol. The molecule has 8 heteroatoms. The Morgan fingerprint density at radius 3 is 2.94 bits per heavy atom. The van der Waals surface area contributed by atoms with Gasteiger partial charge in [-0.05, 0) is 19.8 Å². The van der Waals surface area contributed by atoms with Gasteiger partial charge in [-0.2, -0.15) is 0 Å². The minimum absolute atomic E-state index is 0.131. The molecule has 1 fully saturated rings. The van der Waals surface area contributed by atoms with Crippen LogP contribution in [0.2, 0.25) is 5.15 Å². The molecule has 0 aliphatic heterocycles. The van der Waals surface area contributed by atoms with Crippen molar-refractivity contribution in [3.05, 3.63) is 21.6 Å². The standard InChI is InChI=1S/C10H13ClN4O3/c1-2-18-7-3-6(4-7)14-10-8(15(16)17)9(11)12-5-13-10/h5-7H,2-4H2,1H3,(H,12,13,14). The Kier molecular flexibility index (Phi) is 3.93. The number of anilines is 1. The third kappa shape index (κ3) is 2.68. The lowest BCUT2D eigenvalue weighted by atomic mass is 9.89. The molecule has 0 spiro atoms. The average molecular weight is 273 g/mol. The highest BCUT2D eigenvalue weighted by atomic mass is 35.5. The summed E-state index contributed by atoms with van der Waals surface area (Å²) in [6.45, 7) is 2.62. The van der Waals surface area contributed by atoms with Gasteiger partial charge in [0.1, 0.15) is 6.33 Å². The fourth-order valence-electron chi connectivity index (χ4n) is 1.87. The fourth-order valence-corrected chi connectivity index (χ4v) is 2.08. The third-order valence-corrected chi connectivity index (χ3v) is 3.07. The van der Waals surface area contributed by atoms with E-state index in [0.29, 0.717) is 6.61 Å². The first-order chi connectivity index (χ1) is 8.61. The zero-order valence-corrected chi connectivity index (χ0v) is 10.6. The predicted molar refractivity (Wildman–Crippen MR) is 65.8 cm³/mol. The van der Waals surface area contributed by atoms with Gasteiger partial charge in [0.25, 0.3) is 0 Å². The Labute approximate surface area is 109 Å². The molecule has 0 amide bonds. The molecular formula is C10H13ClN4O3. The second-order valence-electron chi connectivity index (χ2n) is 4.01. The van der Waals surface area contributed by atoms with E-state index >= 15 is 0 Å². The molecule has 0 unspecified atom stereocenters. The van der Waals surface area contributed by atoms with E-state index in [2.05, 4.69) is 15.3 Å². The molecule has 2 rings (SSSR count). The lowest BCUT2D eigenvalue weighted by Gasteiger charge is -2.35. The number of rotatable bonds is 5. The molecule has 1 aliphatic rings. The van der Waals surface area contributed by atoms with Gasteiger partial charge in [-0.3, -0.25) is 10.1 Å². The molecule has 0 radical (unpaired) electrons. The molecule has 1 aromatic heterocycles. The van der Waals surface area contributed by atoms with Crippen molar-refractivity contribution in [3.8, 4) is 0 Å². The number of ether oxygens (including phenoxy) is 1. The Bertz CT molecular complexity index is 451. The Balaban J connectivity index is 2.02. The topological polar surface area (TPSA) is 90.2 Å². The summed E-state index contributed by atoms with van der Waals surface area (Å²) >= 11 is 5.69. The maximum absolute atomic E-state index is 10.9. The summed E-state index contributed by atoms with van der Waals surface area (Å²) in [5.41, 5.74) is -0.279. The van der Waals surface area contributed by atoms with Crippen molar-refractivity contribution in [1.82, 2.24) is 9.97 Å². The van der Waals surface area contributed by atoms with E-state index in [1.807, 2.05) is 6.92 Å². The molecule has 0 saturated heterocycles. The van der Waals surface area contributed by atoms with Crippen LogP contribution in [-0.2, 0) is 4.74 Å². The van der Waals surface area contributed by atoms with Crippen LogP contribution < -0.4 is 5.32 Å². The van der Waals surface area contributed by atoms with Gasteiger partial charge in [-0.25, -0.2) is 9.97 Å². The SMILES string of the molecule is CCOC1CC(Nc2ncnc(Cl)c2[N+](=O)[O-])C1.